The van der Waals surface area contributed by atoms with E-state index in [1.54, 1.807) is 50.6 Å². The first-order valence-electron chi connectivity index (χ1n) is 16.4. The molecule has 0 bridgehead atoms. The van der Waals surface area contributed by atoms with Crippen molar-refractivity contribution in [2.24, 2.45) is 0 Å². The van der Waals surface area contributed by atoms with E-state index in [2.05, 4.69) is 34.8 Å². The van der Waals surface area contributed by atoms with Crippen LogP contribution in [0.15, 0.2) is 113 Å². The zero-order valence-corrected chi connectivity index (χ0v) is 30.7. The summed E-state index contributed by atoms with van der Waals surface area (Å²) >= 11 is 2.73. The molecule has 0 spiro atoms. The molecule has 262 valence electrons. The van der Waals surface area contributed by atoms with Gasteiger partial charge >= 0.3 is 0 Å². The zero-order chi connectivity index (χ0) is 36.3. The van der Waals surface area contributed by atoms with Gasteiger partial charge in [0, 0.05) is 27.1 Å². The highest BCUT2D eigenvalue weighted by Gasteiger charge is 2.21. The van der Waals surface area contributed by atoms with Gasteiger partial charge in [-0.2, -0.15) is 0 Å². The van der Waals surface area contributed by atoms with Gasteiger partial charge in [0.25, 0.3) is 11.8 Å². The van der Waals surface area contributed by atoms with Crippen molar-refractivity contribution in [1.29, 1.82) is 0 Å². The third kappa shape index (κ3) is 9.87. The first kappa shape index (κ1) is 36.9. The number of rotatable bonds is 14. The molecule has 1 aromatic heterocycles. The third-order valence-corrected chi connectivity index (χ3v) is 10.0. The van der Waals surface area contributed by atoms with Gasteiger partial charge in [0.2, 0.25) is 5.91 Å². The summed E-state index contributed by atoms with van der Waals surface area (Å²) in [6.45, 7) is 6.17. The van der Waals surface area contributed by atoms with Crippen molar-refractivity contribution in [3.05, 3.63) is 125 Å². The lowest BCUT2D eigenvalue weighted by Crippen LogP contribution is -2.30. The molecule has 1 unspecified atom stereocenters. The van der Waals surface area contributed by atoms with Gasteiger partial charge in [-0.3, -0.25) is 14.4 Å². The van der Waals surface area contributed by atoms with Crippen molar-refractivity contribution in [2.45, 2.75) is 43.3 Å². The van der Waals surface area contributed by atoms with Crippen LogP contribution in [0.3, 0.4) is 0 Å². The normalized spacial score (nSPS) is 11.8. The van der Waals surface area contributed by atoms with E-state index in [1.807, 2.05) is 79.0 Å². The number of ether oxygens (including phenoxy) is 2. The molecule has 5 rings (SSSR count). The second-order valence-electron chi connectivity index (χ2n) is 11.8. The van der Waals surface area contributed by atoms with E-state index in [-0.39, 0.29) is 11.6 Å². The largest absolute Gasteiger partial charge is 0.493 e. The van der Waals surface area contributed by atoms with Gasteiger partial charge in [0.05, 0.1) is 25.2 Å². The lowest BCUT2D eigenvalue weighted by atomic mass is 10.0. The van der Waals surface area contributed by atoms with Crippen molar-refractivity contribution >= 4 is 57.7 Å². The molecule has 51 heavy (non-hydrogen) atoms. The lowest BCUT2D eigenvalue weighted by Gasteiger charge is -2.15. The number of thiazole rings is 1. The number of nitrogens with one attached hydrogen (secondary N) is 3. The number of nitrogens with zero attached hydrogens (tertiary/aromatic N) is 1. The molecule has 0 aliphatic heterocycles. The van der Waals surface area contributed by atoms with Gasteiger partial charge < -0.3 is 25.4 Å². The van der Waals surface area contributed by atoms with Crippen LogP contribution in [0.2, 0.25) is 0 Å². The van der Waals surface area contributed by atoms with Crippen LogP contribution in [0.1, 0.15) is 54.6 Å². The minimum Gasteiger partial charge on any atom is -0.493 e. The molecule has 1 atom stereocenters. The molecule has 11 heteroatoms. The van der Waals surface area contributed by atoms with Crippen molar-refractivity contribution in [3.8, 4) is 22.8 Å². The molecule has 0 saturated heterocycles. The molecule has 1 heterocycles. The maximum atomic E-state index is 13.6. The van der Waals surface area contributed by atoms with Crippen molar-refractivity contribution in [1.82, 2.24) is 10.3 Å². The second kappa shape index (κ2) is 17.5. The number of amides is 3. The van der Waals surface area contributed by atoms with E-state index in [0.717, 1.165) is 16.0 Å². The number of benzene rings is 4. The fourth-order valence-corrected chi connectivity index (χ4v) is 6.80. The molecule has 0 aliphatic carbocycles. The van der Waals surface area contributed by atoms with Crippen molar-refractivity contribution < 1.29 is 23.9 Å². The number of hydrogen-bond donors (Lipinski definition) is 3. The fraction of sp³-hybridized carbons (Fsp3) is 0.200. The summed E-state index contributed by atoms with van der Waals surface area (Å²) in [6, 6.07) is 29.4. The number of hydrogen-bond acceptors (Lipinski definition) is 8. The van der Waals surface area contributed by atoms with Crippen LogP contribution in [-0.4, -0.2) is 42.2 Å². The van der Waals surface area contributed by atoms with Crippen LogP contribution in [-0.2, 0) is 9.59 Å². The monoisotopic (exact) mass is 720 g/mol. The number of methoxy groups -OCH3 is 2. The predicted molar refractivity (Wildman–Crippen MR) is 207 cm³/mol. The SMILES string of the molecule is CCC(Sc1cccc(NC(=O)/C(=C\c2ccc(C(C)C)cc2)NC(=O)c2ccccc2)c1)C(=O)Nc1nc(-c2ccc(OC)c(OC)c2)cs1. The highest BCUT2D eigenvalue weighted by atomic mass is 32.2. The predicted octanol–water partition coefficient (Wildman–Crippen LogP) is 8.87. The fourth-order valence-electron chi connectivity index (χ4n) is 5.06. The number of anilines is 2. The molecule has 9 nitrogen and oxygen atoms in total. The Morgan fingerprint density at radius 2 is 1.61 bits per heavy atom. The van der Waals surface area contributed by atoms with Crippen molar-refractivity contribution in [3.63, 3.8) is 0 Å². The van der Waals surface area contributed by atoms with Crippen LogP contribution in [0, 0.1) is 0 Å². The van der Waals surface area contributed by atoms with Gasteiger partial charge in [-0.1, -0.05) is 69.3 Å². The van der Waals surface area contributed by atoms with Gasteiger partial charge in [0.1, 0.15) is 5.70 Å². The van der Waals surface area contributed by atoms with Gasteiger partial charge in [-0.05, 0) is 78.1 Å². The van der Waals surface area contributed by atoms with E-state index in [4.69, 9.17) is 9.47 Å². The maximum Gasteiger partial charge on any atom is 0.272 e. The summed E-state index contributed by atoms with van der Waals surface area (Å²) in [5, 5.41) is 10.6. The van der Waals surface area contributed by atoms with Crippen LogP contribution in [0.4, 0.5) is 10.8 Å². The molecule has 3 N–H and O–H groups in total. The Morgan fingerprint density at radius 1 is 0.863 bits per heavy atom. The van der Waals surface area contributed by atoms with Crippen LogP contribution in [0.25, 0.3) is 17.3 Å². The summed E-state index contributed by atoms with van der Waals surface area (Å²) in [5.74, 6) is 0.525. The topological polar surface area (TPSA) is 119 Å². The molecule has 0 aliphatic rings. The third-order valence-electron chi connectivity index (χ3n) is 7.89. The minimum absolute atomic E-state index is 0.0981. The average Bonchev–Trinajstić information content (AvgIpc) is 3.62. The van der Waals surface area contributed by atoms with Gasteiger partial charge in [0.15, 0.2) is 16.6 Å². The van der Waals surface area contributed by atoms with E-state index < -0.39 is 17.1 Å². The molecular weight excluding hydrogens is 681 g/mol. The maximum absolute atomic E-state index is 13.6. The Balaban J connectivity index is 1.28. The standard InChI is InChI=1S/C40H40N4O5S2/c1-6-36(39(47)44-40-43-33(24-50-40)29-19-20-34(48-4)35(22-29)49-5)51-31-14-10-13-30(23-31)41-38(46)32(42-37(45)28-11-8-7-9-12-28)21-26-15-17-27(18-16-26)25(2)3/h7-25,36H,6H2,1-5H3,(H,41,46)(H,42,45)(H,43,44,47)/b32-21+. The highest BCUT2D eigenvalue weighted by molar-refractivity contribution is 8.00. The molecule has 0 radical (unpaired) electrons. The van der Waals surface area contributed by atoms with Crippen LogP contribution >= 0.6 is 23.1 Å². The Labute approximate surface area is 306 Å². The van der Waals surface area contributed by atoms with E-state index >= 15 is 0 Å². The molecule has 5 aromatic rings. The van der Waals surface area contributed by atoms with Crippen molar-refractivity contribution in [2.75, 3.05) is 24.9 Å². The Hall–Kier alpha value is -5.39. The Morgan fingerprint density at radius 3 is 2.29 bits per heavy atom. The lowest BCUT2D eigenvalue weighted by molar-refractivity contribution is -0.116. The number of aromatic nitrogens is 1. The van der Waals surface area contributed by atoms with E-state index in [1.165, 1.54) is 28.7 Å². The van der Waals surface area contributed by atoms with Gasteiger partial charge in [-0.15, -0.1) is 23.1 Å². The Kier molecular flexibility index (Phi) is 12.7. The zero-order valence-electron chi connectivity index (χ0n) is 29.1. The highest BCUT2D eigenvalue weighted by Crippen LogP contribution is 2.34. The molecule has 3 amide bonds. The summed E-state index contributed by atoms with van der Waals surface area (Å²) in [7, 11) is 3.16. The first-order chi connectivity index (χ1) is 24.7. The molecule has 0 fully saturated rings. The second-order valence-corrected chi connectivity index (χ2v) is 13.9. The number of thioether (sulfide) groups is 1. The summed E-state index contributed by atoms with van der Waals surface area (Å²) in [5.41, 5.74) is 4.55. The molecular formula is C40H40N4O5S2. The smallest absolute Gasteiger partial charge is 0.272 e. The van der Waals surface area contributed by atoms with Crippen LogP contribution < -0.4 is 25.4 Å². The summed E-state index contributed by atoms with van der Waals surface area (Å²) < 4.78 is 10.7. The first-order valence-corrected chi connectivity index (χ1v) is 18.2. The van der Waals surface area contributed by atoms with Crippen LogP contribution in [0.5, 0.6) is 11.5 Å². The molecule has 4 aromatic carbocycles. The average molecular weight is 721 g/mol. The van der Waals surface area contributed by atoms with Gasteiger partial charge in [-0.25, -0.2) is 4.98 Å². The summed E-state index contributed by atoms with van der Waals surface area (Å²) in [4.78, 5) is 45.5. The summed E-state index contributed by atoms with van der Waals surface area (Å²) in [6.07, 6.45) is 2.22. The number of carbonyl (C=O) groups excluding carboxylic acids is 3. The number of carbonyl (C=O) groups is 3. The Bertz CT molecular complexity index is 2010. The van der Waals surface area contributed by atoms with E-state index in [0.29, 0.717) is 45.9 Å². The van der Waals surface area contributed by atoms with E-state index in [9.17, 15) is 14.4 Å². The minimum atomic E-state index is -0.479. The quantitative estimate of drug-likeness (QED) is 0.0775. The molecule has 0 saturated carbocycles.